The predicted octanol–water partition coefficient (Wildman–Crippen LogP) is 4.18. The largest absolute Gasteiger partial charge is 0.326 e. The van der Waals surface area contributed by atoms with Gasteiger partial charge in [0.1, 0.15) is 5.69 Å². The number of rotatable bonds is 6. The van der Waals surface area contributed by atoms with Gasteiger partial charge in [0.05, 0.1) is 16.8 Å². The molecular formula is C24H24N4O3S. The highest BCUT2D eigenvalue weighted by Gasteiger charge is 2.15. The molecular weight excluding hydrogens is 424 g/mol. The van der Waals surface area contributed by atoms with Gasteiger partial charge in [-0.15, -0.1) is 0 Å². The average molecular weight is 449 g/mol. The van der Waals surface area contributed by atoms with Gasteiger partial charge in [0.2, 0.25) is 15.9 Å². The molecule has 7 nitrogen and oxygen atoms in total. The zero-order valence-corrected chi connectivity index (χ0v) is 18.6. The van der Waals surface area contributed by atoms with Crippen molar-refractivity contribution in [1.82, 2.24) is 10.2 Å². The molecule has 0 aliphatic rings. The van der Waals surface area contributed by atoms with Crippen LogP contribution in [0.5, 0.6) is 0 Å². The third-order valence-corrected chi connectivity index (χ3v) is 6.22. The molecule has 8 heteroatoms. The topological polar surface area (TPSA) is 118 Å². The molecule has 4 rings (SSSR count). The maximum Gasteiger partial charge on any atom is 0.238 e. The molecule has 0 aliphatic carbocycles. The summed E-state index contributed by atoms with van der Waals surface area (Å²) in [7, 11) is -3.83. The minimum absolute atomic E-state index is 0.0134. The molecule has 0 fully saturated rings. The maximum atomic E-state index is 12.7. The van der Waals surface area contributed by atoms with Crippen molar-refractivity contribution < 1.29 is 13.2 Å². The Balaban J connectivity index is 1.62. The number of anilines is 1. The molecule has 1 amide bonds. The summed E-state index contributed by atoms with van der Waals surface area (Å²) in [6, 6.07) is 19.7. The summed E-state index contributed by atoms with van der Waals surface area (Å²) in [5.74, 6) is 0.218. The van der Waals surface area contributed by atoms with E-state index >= 15 is 0 Å². The summed E-state index contributed by atoms with van der Waals surface area (Å²) < 4.78 is 23.4. The Bertz CT molecular complexity index is 1410. The van der Waals surface area contributed by atoms with E-state index in [2.05, 4.69) is 29.4 Å². The number of hydrogen-bond donors (Lipinski definition) is 3. The van der Waals surface area contributed by atoms with E-state index in [1.165, 1.54) is 12.1 Å². The number of nitrogens with two attached hydrogens (primary N) is 1. The van der Waals surface area contributed by atoms with E-state index in [0.717, 1.165) is 22.0 Å². The highest BCUT2D eigenvalue weighted by atomic mass is 32.2. The van der Waals surface area contributed by atoms with Crippen LogP contribution in [0, 0.1) is 0 Å². The molecule has 3 aromatic carbocycles. The Morgan fingerprint density at radius 3 is 2.59 bits per heavy atom. The summed E-state index contributed by atoms with van der Waals surface area (Å²) >= 11 is 0. The Kier molecular flexibility index (Phi) is 5.82. The van der Waals surface area contributed by atoms with Gasteiger partial charge in [-0.3, -0.25) is 9.89 Å². The molecule has 32 heavy (non-hydrogen) atoms. The van der Waals surface area contributed by atoms with Crippen molar-refractivity contribution in [2.45, 2.75) is 31.1 Å². The maximum absolute atomic E-state index is 12.7. The number of amides is 1. The highest BCUT2D eigenvalue weighted by molar-refractivity contribution is 7.89. The van der Waals surface area contributed by atoms with Crippen LogP contribution < -0.4 is 10.5 Å². The van der Waals surface area contributed by atoms with E-state index in [1.807, 2.05) is 36.4 Å². The van der Waals surface area contributed by atoms with E-state index < -0.39 is 10.0 Å². The normalized spacial score (nSPS) is 11.8. The molecule has 0 unspecified atom stereocenters. The molecule has 0 spiro atoms. The number of aromatic amines is 1. The van der Waals surface area contributed by atoms with Crippen LogP contribution in [-0.2, 0) is 21.2 Å². The van der Waals surface area contributed by atoms with Crippen molar-refractivity contribution in [1.29, 1.82) is 0 Å². The lowest BCUT2D eigenvalue weighted by atomic mass is 9.95. The van der Waals surface area contributed by atoms with Gasteiger partial charge in [0, 0.05) is 16.6 Å². The van der Waals surface area contributed by atoms with Crippen LogP contribution in [-0.4, -0.2) is 24.5 Å². The Labute approximate surface area is 186 Å². The Morgan fingerprint density at radius 1 is 1.06 bits per heavy atom. The van der Waals surface area contributed by atoms with Crippen molar-refractivity contribution in [3.05, 3.63) is 77.9 Å². The molecule has 164 valence electrons. The molecule has 0 saturated heterocycles. The number of sulfonamides is 1. The number of nitrogens with zero attached hydrogens (tertiary/aromatic N) is 1. The molecule has 4 N–H and O–H groups in total. The number of hydrogen-bond acceptors (Lipinski definition) is 4. The van der Waals surface area contributed by atoms with E-state index in [1.54, 1.807) is 18.2 Å². The van der Waals surface area contributed by atoms with Gasteiger partial charge in [-0.25, -0.2) is 13.6 Å². The number of carbonyl (C=O) groups is 1. The van der Waals surface area contributed by atoms with Gasteiger partial charge in [-0.2, -0.15) is 5.10 Å². The monoisotopic (exact) mass is 448 g/mol. The minimum atomic E-state index is -3.83. The fraction of sp³-hybridized carbons (Fsp3) is 0.167. The number of nitrogens with one attached hydrogen (secondary N) is 2. The van der Waals surface area contributed by atoms with Gasteiger partial charge in [0.15, 0.2) is 0 Å². The standard InChI is InChI=1S/C24H24N4O3S/c1-15(2)20-9-4-3-6-16(20)13-23(29)26-18-10-11-22-21(14-18)24(28-27-22)17-7-5-8-19(12-17)32(25,30)31/h3-12,14-15H,13H2,1-2H3,(H,26,29)(H,27,28)(H2,25,30,31). The van der Waals surface area contributed by atoms with Gasteiger partial charge < -0.3 is 5.32 Å². The first-order chi connectivity index (χ1) is 15.2. The highest BCUT2D eigenvalue weighted by Crippen LogP contribution is 2.30. The van der Waals surface area contributed by atoms with Crippen LogP contribution in [0.2, 0.25) is 0 Å². The second kappa shape index (κ2) is 8.57. The van der Waals surface area contributed by atoms with Gasteiger partial charge >= 0.3 is 0 Å². The quantitative estimate of drug-likeness (QED) is 0.410. The summed E-state index contributed by atoms with van der Waals surface area (Å²) in [6.45, 7) is 4.21. The molecule has 1 heterocycles. The van der Waals surface area contributed by atoms with Crippen LogP contribution in [0.15, 0.2) is 71.6 Å². The number of benzene rings is 3. The van der Waals surface area contributed by atoms with Gasteiger partial charge in [-0.05, 0) is 47.4 Å². The van der Waals surface area contributed by atoms with Crippen LogP contribution in [0.4, 0.5) is 5.69 Å². The minimum Gasteiger partial charge on any atom is -0.326 e. The van der Waals surface area contributed by atoms with Crippen molar-refractivity contribution in [3.8, 4) is 11.3 Å². The lowest BCUT2D eigenvalue weighted by Crippen LogP contribution is -2.15. The molecule has 0 atom stereocenters. The number of carbonyl (C=O) groups excluding carboxylic acids is 1. The summed E-state index contributed by atoms with van der Waals surface area (Å²) in [5, 5.41) is 16.3. The molecule has 0 saturated carbocycles. The summed E-state index contributed by atoms with van der Waals surface area (Å²) in [5.41, 5.74) is 4.75. The Morgan fingerprint density at radius 2 is 1.84 bits per heavy atom. The average Bonchev–Trinajstić information content (AvgIpc) is 3.16. The lowest BCUT2D eigenvalue weighted by molar-refractivity contribution is -0.115. The number of H-pyrrole nitrogens is 1. The van der Waals surface area contributed by atoms with Crippen LogP contribution >= 0.6 is 0 Å². The molecule has 0 bridgehead atoms. The first-order valence-corrected chi connectivity index (χ1v) is 11.8. The third kappa shape index (κ3) is 4.56. The van der Waals surface area contributed by atoms with E-state index in [0.29, 0.717) is 22.9 Å². The van der Waals surface area contributed by atoms with E-state index in [-0.39, 0.29) is 17.2 Å². The molecule has 0 aliphatic heterocycles. The molecule has 1 aromatic heterocycles. The zero-order valence-electron chi connectivity index (χ0n) is 17.8. The second-order valence-electron chi connectivity index (χ2n) is 7.98. The lowest BCUT2D eigenvalue weighted by Gasteiger charge is -2.12. The first kappa shape index (κ1) is 21.7. The van der Waals surface area contributed by atoms with Crippen LogP contribution in [0.3, 0.4) is 0 Å². The van der Waals surface area contributed by atoms with Crippen molar-refractivity contribution in [3.63, 3.8) is 0 Å². The SMILES string of the molecule is CC(C)c1ccccc1CC(=O)Nc1ccc2[nH]nc(-c3cccc(S(N)(=O)=O)c3)c2c1. The number of primary sulfonamides is 1. The van der Waals surface area contributed by atoms with Crippen molar-refractivity contribution in [2.24, 2.45) is 5.14 Å². The van der Waals surface area contributed by atoms with Gasteiger partial charge in [0.25, 0.3) is 0 Å². The smallest absolute Gasteiger partial charge is 0.238 e. The fourth-order valence-electron chi connectivity index (χ4n) is 3.77. The van der Waals surface area contributed by atoms with E-state index in [4.69, 9.17) is 5.14 Å². The first-order valence-electron chi connectivity index (χ1n) is 10.2. The van der Waals surface area contributed by atoms with Crippen LogP contribution in [0.25, 0.3) is 22.2 Å². The molecule has 0 radical (unpaired) electrons. The van der Waals surface area contributed by atoms with Crippen LogP contribution in [0.1, 0.15) is 30.9 Å². The molecule has 4 aromatic rings. The van der Waals surface area contributed by atoms with Gasteiger partial charge in [-0.1, -0.05) is 50.2 Å². The van der Waals surface area contributed by atoms with Crippen molar-refractivity contribution in [2.75, 3.05) is 5.32 Å². The third-order valence-electron chi connectivity index (χ3n) is 5.31. The second-order valence-corrected chi connectivity index (χ2v) is 9.55. The predicted molar refractivity (Wildman–Crippen MR) is 126 cm³/mol. The summed E-state index contributed by atoms with van der Waals surface area (Å²) in [4.78, 5) is 12.7. The Hall–Kier alpha value is -3.49. The van der Waals surface area contributed by atoms with Crippen molar-refractivity contribution >= 4 is 32.5 Å². The zero-order chi connectivity index (χ0) is 22.9. The number of fused-ring (bicyclic) bond motifs is 1. The number of aromatic nitrogens is 2. The fourth-order valence-corrected chi connectivity index (χ4v) is 4.33. The van der Waals surface area contributed by atoms with E-state index in [9.17, 15) is 13.2 Å². The summed E-state index contributed by atoms with van der Waals surface area (Å²) in [6.07, 6.45) is 0.279.